The summed E-state index contributed by atoms with van der Waals surface area (Å²) in [5, 5.41) is 0. The Morgan fingerprint density at radius 3 is 1.75 bits per heavy atom. The average molecular weight is 237 g/mol. The summed E-state index contributed by atoms with van der Waals surface area (Å²) in [4.78, 5) is 0. The minimum atomic E-state index is -0.0000926. The van der Waals surface area contributed by atoms with Gasteiger partial charge in [0.05, 0.1) is 0 Å². The topological polar surface area (TPSA) is 0 Å². The van der Waals surface area contributed by atoms with Gasteiger partial charge >= 0.3 is 0 Å². The zero-order valence-electron chi connectivity index (χ0n) is 11.8. The quantitative estimate of drug-likeness (QED) is 0.601. The van der Waals surface area contributed by atoms with Crippen molar-refractivity contribution in [1.82, 2.24) is 0 Å². The highest BCUT2D eigenvalue weighted by Crippen LogP contribution is 2.62. The third-order valence-electron chi connectivity index (χ3n) is 3.01. The molecule has 0 aliphatic heterocycles. The third kappa shape index (κ3) is 3.46. The normalized spacial score (nSPS) is 20.6. The molecule has 0 unspecified atom stereocenters. The summed E-state index contributed by atoms with van der Waals surface area (Å²) in [6, 6.07) is 0. The molecule has 0 aromatic carbocycles. The summed E-state index contributed by atoms with van der Waals surface area (Å²) < 4.78 is 0. The van der Waals surface area contributed by atoms with Crippen molar-refractivity contribution in [3.05, 3.63) is 30.8 Å². The summed E-state index contributed by atoms with van der Waals surface area (Å²) in [7, 11) is -0.0000926. The monoisotopic (exact) mass is 237 g/mol. The van der Waals surface area contributed by atoms with Crippen LogP contribution in [-0.4, -0.2) is 11.3 Å². The van der Waals surface area contributed by atoms with Crippen molar-refractivity contribution in [3.63, 3.8) is 0 Å². The van der Waals surface area contributed by atoms with E-state index in [9.17, 15) is 0 Å². The molecule has 1 heteroatoms. The van der Waals surface area contributed by atoms with Gasteiger partial charge < -0.3 is 0 Å². The van der Waals surface area contributed by atoms with Gasteiger partial charge in [0.1, 0.15) is 0 Å². The maximum absolute atomic E-state index is 2.44. The van der Waals surface area contributed by atoms with E-state index in [2.05, 4.69) is 67.7 Å². The minimum absolute atomic E-state index is 0.0000926. The molecular weight excluding hydrogens is 211 g/mol. The molecule has 0 amide bonds. The van der Waals surface area contributed by atoms with E-state index in [1.807, 2.05) is 0 Å². The molecule has 0 saturated heterocycles. The highest BCUT2D eigenvalue weighted by atomic mass is 31.1. The average Bonchev–Trinajstić information content (AvgIpc) is 2.50. The molecule has 0 spiro atoms. The fourth-order valence-corrected chi connectivity index (χ4v) is 5.17. The van der Waals surface area contributed by atoms with Crippen LogP contribution in [0, 0.1) is 36.3 Å². The van der Waals surface area contributed by atoms with Gasteiger partial charge in [0.2, 0.25) is 0 Å². The van der Waals surface area contributed by atoms with Crippen molar-refractivity contribution in [2.75, 3.05) is 0 Å². The van der Waals surface area contributed by atoms with Crippen LogP contribution in [0.25, 0.3) is 0 Å². The Hall–Kier alpha value is 0.430. The molecule has 1 rings (SSSR count). The number of rotatable bonds is 3. The summed E-state index contributed by atoms with van der Waals surface area (Å²) in [6.45, 7) is 16.3. The van der Waals surface area contributed by atoms with Crippen LogP contribution in [0.5, 0.6) is 0 Å². The first-order valence-corrected chi connectivity index (χ1v) is 7.77. The largest absolute Gasteiger partial charge is 0.0935 e. The lowest BCUT2D eigenvalue weighted by molar-refractivity contribution is 0.462. The van der Waals surface area contributed by atoms with Gasteiger partial charge in [-0.15, -0.1) is 0 Å². The maximum Gasteiger partial charge on any atom is 0.00832 e. The SMILES string of the molecule is CC(C)P([C]1[CH][CH][C](C(C)(C)C)[CH]1)C(C)C. The van der Waals surface area contributed by atoms with Crippen molar-refractivity contribution < 1.29 is 0 Å². The van der Waals surface area contributed by atoms with E-state index < -0.39 is 0 Å². The van der Waals surface area contributed by atoms with E-state index in [1.54, 1.807) is 5.66 Å². The highest BCUT2D eigenvalue weighted by molar-refractivity contribution is 7.62. The molecule has 16 heavy (non-hydrogen) atoms. The maximum atomic E-state index is 2.44. The van der Waals surface area contributed by atoms with Crippen LogP contribution < -0.4 is 0 Å². The van der Waals surface area contributed by atoms with Crippen LogP contribution in [0.2, 0.25) is 0 Å². The fourth-order valence-electron chi connectivity index (χ4n) is 2.25. The van der Waals surface area contributed by atoms with E-state index >= 15 is 0 Å². The molecule has 0 aromatic rings. The van der Waals surface area contributed by atoms with Crippen molar-refractivity contribution in [2.24, 2.45) is 5.41 Å². The molecule has 1 saturated carbocycles. The van der Waals surface area contributed by atoms with Crippen molar-refractivity contribution in [3.8, 4) is 0 Å². The zero-order valence-corrected chi connectivity index (χ0v) is 12.7. The van der Waals surface area contributed by atoms with E-state index in [0.717, 1.165) is 11.3 Å². The van der Waals surface area contributed by atoms with Gasteiger partial charge in [-0.25, -0.2) is 0 Å². The fraction of sp³-hybridized carbons (Fsp3) is 0.667. The lowest BCUT2D eigenvalue weighted by Gasteiger charge is -2.32. The van der Waals surface area contributed by atoms with E-state index in [1.165, 1.54) is 5.92 Å². The highest BCUT2D eigenvalue weighted by Gasteiger charge is 2.39. The molecule has 0 nitrogen and oxygen atoms in total. The summed E-state index contributed by atoms with van der Waals surface area (Å²) in [5.74, 6) is 1.48. The van der Waals surface area contributed by atoms with Gasteiger partial charge in [0.15, 0.2) is 0 Å². The van der Waals surface area contributed by atoms with Gasteiger partial charge in [-0.05, 0) is 41.9 Å². The molecule has 5 radical (unpaired) electrons. The van der Waals surface area contributed by atoms with Gasteiger partial charge in [-0.1, -0.05) is 56.4 Å². The first-order valence-electron chi connectivity index (χ1n) is 6.29. The van der Waals surface area contributed by atoms with Crippen LogP contribution in [0.4, 0.5) is 0 Å². The van der Waals surface area contributed by atoms with E-state index in [-0.39, 0.29) is 13.3 Å². The first kappa shape index (κ1) is 14.5. The van der Waals surface area contributed by atoms with E-state index in [0.29, 0.717) is 0 Å². The van der Waals surface area contributed by atoms with Gasteiger partial charge in [0.25, 0.3) is 0 Å². The van der Waals surface area contributed by atoms with Crippen LogP contribution >= 0.6 is 7.92 Å². The second-order valence-corrected chi connectivity index (χ2v) is 9.60. The molecule has 0 atom stereocenters. The molecule has 91 valence electrons. The van der Waals surface area contributed by atoms with Gasteiger partial charge in [-0.2, -0.15) is 0 Å². The molecule has 0 aromatic heterocycles. The summed E-state index contributed by atoms with van der Waals surface area (Å²) >= 11 is 0. The molecule has 0 bridgehead atoms. The standard InChI is InChI=1S/C15H26P/c1-11(2)16(12(3)4)14-9-8-13(10-14)15(5,6)7/h8-12H,1-7H3. The first-order chi connectivity index (χ1) is 7.23. The Kier molecular flexibility index (Phi) is 4.88. The number of hydrogen-bond acceptors (Lipinski definition) is 0. The molecular formula is C15H26P. The molecule has 1 aliphatic rings. The molecule has 0 N–H and O–H groups in total. The summed E-state index contributed by atoms with van der Waals surface area (Å²) in [5.41, 5.74) is 3.44. The third-order valence-corrected chi connectivity index (χ3v) is 6.11. The second kappa shape index (κ2) is 5.38. The lowest BCUT2D eigenvalue weighted by Crippen LogP contribution is -2.16. The Labute approximate surface area is 104 Å². The van der Waals surface area contributed by atoms with Crippen molar-refractivity contribution in [2.45, 2.75) is 59.8 Å². The zero-order chi connectivity index (χ0) is 12.5. The van der Waals surface area contributed by atoms with Crippen LogP contribution in [0.3, 0.4) is 0 Å². The Balaban J connectivity index is 2.64. The smallest absolute Gasteiger partial charge is 0.00832 e. The molecule has 1 fully saturated rings. The Morgan fingerprint density at radius 2 is 1.44 bits per heavy atom. The molecule has 1 aliphatic carbocycles. The van der Waals surface area contributed by atoms with Gasteiger partial charge in [-0.3, -0.25) is 0 Å². The van der Waals surface area contributed by atoms with E-state index in [4.69, 9.17) is 0 Å². The summed E-state index contributed by atoms with van der Waals surface area (Å²) in [6.07, 6.45) is 7.10. The van der Waals surface area contributed by atoms with Crippen LogP contribution in [-0.2, 0) is 0 Å². The minimum Gasteiger partial charge on any atom is -0.0935 e. The lowest BCUT2D eigenvalue weighted by atomic mass is 9.80. The van der Waals surface area contributed by atoms with Crippen LogP contribution in [0.15, 0.2) is 0 Å². The second-order valence-electron chi connectivity index (χ2n) is 6.20. The molecule has 0 heterocycles. The van der Waals surface area contributed by atoms with Crippen LogP contribution in [0.1, 0.15) is 48.5 Å². The number of hydrogen-bond donors (Lipinski definition) is 0. The predicted molar refractivity (Wildman–Crippen MR) is 76.0 cm³/mol. The van der Waals surface area contributed by atoms with Crippen molar-refractivity contribution in [1.29, 1.82) is 0 Å². The van der Waals surface area contributed by atoms with Gasteiger partial charge in [0, 0.05) is 5.66 Å². The Bertz CT molecular complexity index is 204. The predicted octanol–water partition coefficient (Wildman–Crippen LogP) is 5.06. The van der Waals surface area contributed by atoms with Crippen molar-refractivity contribution >= 4 is 7.92 Å². The Morgan fingerprint density at radius 1 is 0.938 bits per heavy atom.